The number of thioether (sulfide) groups is 1. The lowest BCUT2D eigenvalue weighted by atomic mass is 10.2. The molecule has 0 aliphatic rings. The minimum atomic E-state index is -0.0774. The Labute approximate surface area is 147 Å². The van der Waals surface area contributed by atoms with Gasteiger partial charge in [0, 0.05) is 11.9 Å². The van der Waals surface area contributed by atoms with Crippen molar-refractivity contribution in [2.75, 3.05) is 5.75 Å². The van der Waals surface area contributed by atoms with Crippen molar-refractivity contribution in [3.63, 3.8) is 0 Å². The molecule has 6 nitrogen and oxygen atoms in total. The second kappa shape index (κ2) is 6.60. The molecule has 0 aliphatic heterocycles. The molecule has 7 heteroatoms. The maximum absolute atomic E-state index is 12.4. The number of rotatable bonds is 6. The Morgan fingerprint density at radius 1 is 1.20 bits per heavy atom. The Morgan fingerprint density at radius 3 is 2.84 bits per heavy atom. The van der Waals surface area contributed by atoms with E-state index in [0.717, 1.165) is 5.39 Å². The Balaban J connectivity index is 1.52. The zero-order valence-corrected chi connectivity index (χ0v) is 14.3. The van der Waals surface area contributed by atoms with Crippen LogP contribution in [0.15, 0.2) is 62.7 Å². The highest BCUT2D eigenvalue weighted by molar-refractivity contribution is 7.99. The molecule has 3 heterocycles. The maximum atomic E-state index is 12.4. The third kappa shape index (κ3) is 2.98. The SMILES string of the molecule is CCn1c(SCC(=O)c2cc3ccccc3o2)nnc1-c1ccco1. The summed E-state index contributed by atoms with van der Waals surface area (Å²) >= 11 is 1.34. The molecule has 0 amide bonds. The molecular formula is C18H15N3O3S. The van der Waals surface area contributed by atoms with Gasteiger partial charge in [-0.25, -0.2) is 0 Å². The van der Waals surface area contributed by atoms with Crippen LogP contribution in [-0.4, -0.2) is 26.3 Å². The van der Waals surface area contributed by atoms with Gasteiger partial charge in [0.15, 0.2) is 22.5 Å². The number of nitrogens with zero attached hydrogens (tertiary/aromatic N) is 3. The number of carbonyl (C=O) groups is 1. The van der Waals surface area contributed by atoms with Gasteiger partial charge in [-0.2, -0.15) is 0 Å². The molecule has 25 heavy (non-hydrogen) atoms. The highest BCUT2D eigenvalue weighted by Gasteiger charge is 2.18. The Kier molecular flexibility index (Phi) is 4.15. The third-order valence-electron chi connectivity index (χ3n) is 3.81. The monoisotopic (exact) mass is 353 g/mol. The van der Waals surface area contributed by atoms with E-state index < -0.39 is 0 Å². The first-order chi connectivity index (χ1) is 12.3. The third-order valence-corrected chi connectivity index (χ3v) is 4.77. The molecule has 1 aromatic carbocycles. The Hall–Kier alpha value is -2.80. The number of furan rings is 2. The summed E-state index contributed by atoms with van der Waals surface area (Å²) in [5.74, 6) is 1.83. The summed E-state index contributed by atoms with van der Waals surface area (Å²) in [5.41, 5.74) is 0.715. The van der Waals surface area contributed by atoms with Crippen LogP contribution in [0.25, 0.3) is 22.6 Å². The lowest BCUT2D eigenvalue weighted by molar-refractivity contribution is 0.0994. The van der Waals surface area contributed by atoms with Gasteiger partial charge in [-0.05, 0) is 31.2 Å². The van der Waals surface area contributed by atoms with Crippen LogP contribution in [0.5, 0.6) is 0 Å². The van der Waals surface area contributed by atoms with Gasteiger partial charge in [-0.15, -0.1) is 10.2 Å². The maximum Gasteiger partial charge on any atom is 0.208 e. The number of ketones is 1. The van der Waals surface area contributed by atoms with E-state index in [2.05, 4.69) is 10.2 Å². The number of aromatic nitrogens is 3. The van der Waals surface area contributed by atoms with Gasteiger partial charge in [-0.1, -0.05) is 30.0 Å². The fourth-order valence-corrected chi connectivity index (χ4v) is 3.46. The van der Waals surface area contributed by atoms with Crippen LogP contribution in [0.4, 0.5) is 0 Å². The standard InChI is InChI=1S/C18H15N3O3S/c1-2-21-17(15-8-5-9-23-15)19-20-18(21)25-11-13(22)16-10-12-6-3-4-7-14(12)24-16/h3-10H,2,11H2,1H3. The van der Waals surface area contributed by atoms with E-state index in [1.807, 2.05) is 47.9 Å². The van der Waals surface area contributed by atoms with E-state index in [-0.39, 0.29) is 11.5 Å². The molecular weight excluding hydrogens is 338 g/mol. The molecule has 0 fully saturated rings. The fourth-order valence-electron chi connectivity index (χ4n) is 2.59. The molecule has 0 unspecified atom stereocenters. The molecule has 0 spiro atoms. The molecule has 3 aromatic heterocycles. The van der Waals surface area contributed by atoms with Gasteiger partial charge in [-0.3, -0.25) is 9.36 Å². The van der Waals surface area contributed by atoms with Gasteiger partial charge >= 0.3 is 0 Å². The predicted molar refractivity (Wildman–Crippen MR) is 94.7 cm³/mol. The van der Waals surface area contributed by atoms with Crippen LogP contribution in [-0.2, 0) is 6.54 Å². The first kappa shape index (κ1) is 15.7. The minimum Gasteiger partial charge on any atom is -0.461 e. The molecule has 0 aliphatic carbocycles. The van der Waals surface area contributed by atoms with Crippen molar-refractivity contribution >= 4 is 28.5 Å². The van der Waals surface area contributed by atoms with Gasteiger partial charge in [0.2, 0.25) is 5.78 Å². The molecule has 0 saturated carbocycles. The summed E-state index contributed by atoms with van der Waals surface area (Å²) in [6.07, 6.45) is 1.60. The fraction of sp³-hybridized carbons (Fsp3) is 0.167. The molecule has 4 rings (SSSR count). The minimum absolute atomic E-state index is 0.0774. The second-order valence-corrected chi connectivity index (χ2v) is 6.33. The quantitative estimate of drug-likeness (QED) is 0.380. The predicted octanol–water partition coefficient (Wildman–Crippen LogP) is 4.28. The van der Waals surface area contributed by atoms with Crippen molar-refractivity contribution in [2.45, 2.75) is 18.6 Å². The number of hydrogen-bond donors (Lipinski definition) is 0. The van der Waals surface area contributed by atoms with E-state index in [4.69, 9.17) is 8.83 Å². The van der Waals surface area contributed by atoms with E-state index in [0.29, 0.717) is 34.6 Å². The van der Waals surface area contributed by atoms with Gasteiger partial charge in [0.05, 0.1) is 12.0 Å². The summed E-state index contributed by atoms with van der Waals surface area (Å²) in [6, 6.07) is 13.0. The number of benzene rings is 1. The van der Waals surface area contributed by atoms with Gasteiger partial charge < -0.3 is 8.83 Å². The molecule has 0 bridgehead atoms. The van der Waals surface area contributed by atoms with Crippen molar-refractivity contribution in [2.24, 2.45) is 0 Å². The normalized spacial score (nSPS) is 11.2. The Morgan fingerprint density at radius 2 is 2.08 bits per heavy atom. The van der Waals surface area contributed by atoms with Crippen LogP contribution in [0.1, 0.15) is 17.5 Å². The summed E-state index contributed by atoms with van der Waals surface area (Å²) in [4.78, 5) is 12.4. The number of hydrogen-bond acceptors (Lipinski definition) is 6. The van der Waals surface area contributed by atoms with Crippen LogP contribution in [0.2, 0.25) is 0 Å². The van der Waals surface area contributed by atoms with E-state index in [1.54, 1.807) is 12.3 Å². The number of carbonyl (C=O) groups excluding carboxylic acids is 1. The Bertz CT molecular complexity index is 984. The summed E-state index contributed by atoms with van der Waals surface area (Å²) in [6.45, 7) is 2.69. The smallest absolute Gasteiger partial charge is 0.208 e. The average Bonchev–Trinajstić information content (AvgIpc) is 3.37. The zero-order chi connectivity index (χ0) is 17.2. The van der Waals surface area contributed by atoms with E-state index in [9.17, 15) is 4.79 Å². The van der Waals surface area contributed by atoms with Crippen molar-refractivity contribution in [3.05, 3.63) is 54.5 Å². The lowest BCUT2D eigenvalue weighted by Gasteiger charge is -2.04. The summed E-state index contributed by atoms with van der Waals surface area (Å²) in [5, 5.41) is 9.97. The number of para-hydroxylation sites is 1. The highest BCUT2D eigenvalue weighted by Crippen LogP contribution is 2.26. The van der Waals surface area contributed by atoms with Crippen LogP contribution >= 0.6 is 11.8 Å². The molecule has 0 saturated heterocycles. The molecule has 0 atom stereocenters. The second-order valence-electron chi connectivity index (χ2n) is 5.39. The van der Waals surface area contributed by atoms with Crippen molar-refractivity contribution in [1.82, 2.24) is 14.8 Å². The van der Waals surface area contributed by atoms with Crippen molar-refractivity contribution in [1.29, 1.82) is 0 Å². The zero-order valence-electron chi connectivity index (χ0n) is 13.5. The topological polar surface area (TPSA) is 74.1 Å². The average molecular weight is 353 g/mol. The van der Waals surface area contributed by atoms with E-state index >= 15 is 0 Å². The first-order valence-corrected chi connectivity index (χ1v) is 8.86. The summed E-state index contributed by atoms with van der Waals surface area (Å²) in [7, 11) is 0. The van der Waals surface area contributed by atoms with Crippen LogP contribution in [0.3, 0.4) is 0 Å². The molecule has 0 N–H and O–H groups in total. The van der Waals surface area contributed by atoms with Crippen molar-refractivity contribution < 1.29 is 13.6 Å². The number of Topliss-reactive ketones (excluding diaryl/α,β-unsaturated/α-hetero) is 1. The highest BCUT2D eigenvalue weighted by atomic mass is 32.2. The lowest BCUT2D eigenvalue weighted by Crippen LogP contribution is -2.04. The van der Waals surface area contributed by atoms with Crippen molar-refractivity contribution in [3.8, 4) is 11.6 Å². The van der Waals surface area contributed by atoms with Gasteiger partial charge in [0.25, 0.3) is 0 Å². The first-order valence-electron chi connectivity index (χ1n) is 7.88. The van der Waals surface area contributed by atoms with Crippen LogP contribution < -0.4 is 0 Å². The largest absolute Gasteiger partial charge is 0.461 e. The number of fused-ring (bicyclic) bond motifs is 1. The molecule has 126 valence electrons. The van der Waals surface area contributed by atoms with Gasteiger partial charge in [0.1, 0.15) is 5.58 Å². The van der Waals surface area contributed by atoms with Crippen LogP contribution in [0, 0.1) is 0 Å². The summed E-state index contributed by atoms with van der Waals surface area (Å²) < 4.78 is 12.9. The molecule has 0 radical (unpaired) electrons. The van der Waals surface area contributed by atoms with E-state index in [1.165, 1.54) is 11.8 Å². The molecule has 4 aromatic rings.